The summed E-state index contributed by atoms with van der Waals surface area (Å²) < 4.78 is 0. The third kappa shape index (κ3) is 2.43. The fourth-order valence-electron chi connectivity index (χ4n) is 4.00. The van der Waals surface area contributed by atoms with Crippen LogP contribution < -0.4 is 0 Å². The second kappa shape index (κ2) is 5.38. The lowest BCUT2D eigenvalue weighted by Crippen LogP contribution is -2.37. The SMILES string of the molecule is C=C(N=O)C(C)[C@@H]1CC[C@@H](C)[C@@H]2CCC(C)=C[C@@H]21. The van der Waals surface area contributed by atoms with Crippen LogP contribution >= 0.6 is 0 Å². The van der Waals surface area contributed by atoms with Crippen LogP contribution in [-0.4, -0.2) is 0 Å². The molecule has 1 unspecified atom stereocenters. The summed E-state index contributed by atoms with van der Waals surface area (Å²) in [5.41, 5.74) is 2.05. The van der Waals surface area contributed by atoms with Gasteiger partial charge in [0.15, 0.2) is 0 Å². The summed E-state index contributed by atoms with van der Waals surface area (Å²) in [7, 11) is 0. The molecule has 2 nitrogen and oxygen atoms in total. The zero-order valence-electron chi connectivity index (χ0n) is 11.9. The molecule has 2 aliphatic carbocycles. The normalized spacial score (nSPS) is 37.4. The van der Waals surface area contributed by atoms with E-state index in [0.717, 1.165) is 11.8 Å². The Kier molecular flexibility index (Phi) is 4.04. The molecule has 0 aromatic rings. The minimum Gasteiger partial charge on any atom is -0.145 e. The van der Waals surface area contributed by atoms with Gasteiger partial charge in [0, 0.05) is 5.92 Å². The molecule has 2 heteroatoms. The molecule has 2 aliphatic rings. The van der Waals surface area contributed by atoms with Gasteiger partial charge < -0.3 is 0 Å². The Balaban J connectivity index is 2.22. The van der Waals surface area contributed by atoms with Crippen molar-refractivity contribution in [3.05, 3.63) is 28.8 Å². The standard InChI is InChI=1S/C16H25NO/c1-10-5-7-14-11(2)6-8-15(16(14)9-10)12(3)13(4)17-18/h9,11-12,14-16H,4-8H2,1-3H3/t11-,12?,14+,15+,16+/m1/s1. The average Bonchev–Trinajstić information content (AvgIpc) is 2.37. The first kappa shape index (κ1) is 13.5. The molecule has 1 saturated carbocycles. The van der Waals surface area contributed by atoms with Crippen molar-refractivity contribution >= 4 is 0 Å². The molecule has 5 atom stereocenters. The van der Waals surface area contributed by atoms with Crippen molar-refractivity contribution in [2.75, 3.05) is 0 Å². The Bertz CT molecular complexity index is 371. The number of nitroso groups, excluding NO2 is 1. The lowest BCUT2D eigenvalue weighted by atomic mass is 9.60. The summed E-state index contributed by atoms with van der Waals surface area (Å²) >= 11 is 0. The highest BCUT2D eigenvalue weighted by Gasteiger charge is 2.40. The van der Waals surface area contributed by atoms with Gasteiger partial charge in [0.25, 0.3) is 0 Å². The zero-order valence-corrected chi connectivity index (χ0v) is 11.9. The van der Waals surface area contributed by atoms with Gasteiger partial charge in [-0.2, -0.15) is 0 Å². The largest absolute Gasteiger partial charge is 0.145 e. The molecule has 0 heterocycles. The molecule has 0 aromatic heterocycles. The van der Waals surface area contributed by atoms with E-state index in [-0.39, 0.29) is 5.92 Å². The van der Waals surface area contributed by atoms with Gasteiger partial charge in [0.1, 0.15) is 0 Å². The van der Waals surface area contributed by atoms with Crippen LogP contribution in [0.25, 0.3) is 0 Å². The zero-order chi connectivity index (χ0) is 13.3. The van der Waals surface area contributed by atoms with E-state index < -0.39 is 0 Å². The summed E-state index contributed by atoms with van der Waals surface area (Å²) in [6.45, 7) is 10.6. The summed E-state index contributed by atoms with van der Waals surface area (Å²) in [6.07, 6.45) is 7.54. The van der Waals surface area contributed by atoms with Crippen molar-refractivity contribution in [2.45, 2.75) is 46.5 Å². The van der Waals surface area contributed by atoms with Crippen molar-refractivity contribution < 1.29 is 0 Å². The van der Waals surface area contributed by atoms with Crippen LogP contribution in [0.5, 0.6) is 0 Å². The first-order valence-electron chi connectivity index (χ1n) is 7.24. The predicted molar refractivity (Wildman–Crippen MR) is 76.0 cm³/mol. The van der Waals surface area contributed by atoms with Gasteiger partial charge in [-0.25, -0.2) is 0 Å². The molecule has 0 bridgehead atoms. The first-order valence-corrected chi connectivity index (χ1v) is 7.24. The molecular formula is C16H25NO. The smallest absolute Gasteiger partial charge is 0.0808 e. The molecule has 0 aromatic carbocycles. The highest BCUT2D eigenvalue weighted by molar-refractivity contribution is 5.13. The van der Waals surface area contributed by atoms with Crippen molar-refractivity contribution in [3.63, 3.8) is 0 Å². The quantitative estimate of drug-likeness (QED) is 0.514. The Morgan fingerprint density at radius 2 is 2.17 bits per heavy atom. The van der Waals surface area contributed by atoms with E-state index in [9.17, 15) is 4.91 Å². The fourth-order valence-corrected chi connectivity index (χ4v) is 4.00. The Morgan fingerprint density at radius 1 is 1.44 bits per heavy atom. The molecule has 0 amide bonds. The summed E-state index contributed by atoms with van der Waals surface area (Å²) in [5.74, 6) is 3.04. The van der Waals surface area contributed by atoms with E-state index in [1.807, 2.05) is 0 Å². The van der Waals surface area contributed by atoms with E-state index in [2.05, 4.69) is 38.6 Å². The second-order valence-corrected chi connectivity index (χ2v) is 6.38. The number of hydrogen-bond donors (Lipinski definition) is 0. The number of nitrogens with zero attached hydrogens (tertiary/aromatic N) is 1. The second-order valence-electron chi connectivity index (χ2n) is 6.38. The maximum atomic E-state index is 10.7. The minimum absolute atomic E-state index is 0.227. The van der Waals surface area contributed by atoms with Crippen LogP contribution in [0.4, 0.5) is 0 Å². The van der Waals surface area contributed by atoms with Crippen LogP contribution in [0, 0.1) is 34.5 Å². The Morgan fingerprint density at radius 3 is 2.83 bits per heavy atom. The molecule has 0 N–H and O–H groups in total. The van der Waals surface area contributed by atoms with Gasteiger partial charge in [0.05, 0.1) is 5.70 Å². The molecule has 18 heavy (non-hydrogen) atoms. The van der Waals surface area contributed by atoms with Crippen LogP contribution in [0.1, 0.15) is 46.5 Å². The van der Waals surface area contributed by atoms with E-state index >= 15 is 0 Å². The van der Waals surface area contributed by atoms with Crippen LogP contribution in [0.15, 0.2) is 29.1 Å². The van der Waals surface area contributed by atoms with Crippen LogP contribution in [0.2, 0.25) is 0 Å². The number of fused-ring (bicyclic) bond motifs is 1. The van der Waals surface area contributed by atoms with E-state index in [4.69, 9.17) is 0 Å². The van der Waals surface area contributed by atoms with E-state index in [1.165, 1.54) is 31.3 Å². The molecule has 2 rings (SSSR count). The maximum Gasteiger partial charge on any atom is 0.0808 e. The van der Waals surface area contributed by atoms with Crippen molar-refractivity contribution in [1.29, 1.82) is 0 Å². The molecular weight excluding hydrogens is 222 g/mol. The van der Waals surface area contributed by atoms with Crippen LogP contribution in [0.3, 0.4) is 0 Å². The maximum absolute atomic E-state index is 10.7. The third-order valence-electron chi connectivity index (χ3n) is 5.31. The predicted octanol–water partition coefficient (Wildman–Crippen LogP) is 4.92. The highest BCUT2D eigenvalue weighted by atomic mass is 16.3. The monoisotopic (exact) mass is 247 g/mol. The summed E-state index contributed by atoms with van der Waals surface area (Å²) in [5, 5.41) is 3.07. The molecule has 1 fully saturated rings. The summed E-state index contributed by atoms with van der Waals surface area (Å²) in [6, 6.07) is 0. The molecule has 0 saturated heterocycles. The summed E-state index contributed by atoms with van der Waals surface area (Å²) in [4.78, 5) is 10.7. The lowest BCUT2D eigenvalue weighted by molar-refractivity contribution is 0.0924. The van der Waals surface area contributed by atoms with Crippen molar-refractivity contribution in [1.82, 2.24) is 0 Å². The van der Waals surface area contributed by atoms with Crippen molar-refractivity contribution in [3.8, 4) is 0 Å². The Hall–Kier alpha value is -0.920. The molecule has 0 spiro atoms. The van der Waals surface area contributed by atoms with E-state index in [1.54, 1.807) is 0 Å². The van der Waals surface area contributed by atoms with Gasteiger partial charge >= 0.3 is 0 Å². The molecule has 100 valence electrons. The van der Waals surface area contributed by atoms with Gasteiger partial charge in [0.2, 0.25) is 0 Å². The average molecular weight is 247 g/mol. The fraction of sp³-hybridized carbons (Fsp3) is 0.750. The van der Waals surface area contributed by atoms with Gasteiger partial charge in [-0.05, 0) is 55.0 Å². The lowest BCUT2D eigenvalue weighted by Gasteiger charge is -2.45. The van der Waals surface area contributed by atoms with E-state index in [0.29, 0.717) is 17.5 Å². The molecule has 0 radical (unpaired) electrons. The van der Waals surface area contributed by atoms with Crippen LogP contribution in [-0.2, 0) is 0 Å². The number of allylic oxidation sites excluding steroid dienone is 3. The Labute approximate surface area is 111 Å². The first-order chi connectivity index (χ1) is 8.54. The van der Waals surface area contributed by atoms with Gasteiger partial charge in [-0.15, -0.1) is 4.91 Å². The topological polar surface area (TPSA) is 29.4 Å². The highest BCUT2D eigenvalue weighted by Crippen LogP contribution is 2.48. The van der Waals surface area contributed by atoms with Crippen molar-refractivity contribution in [2.24, 2.45) is 34.8 Å². The number of rotatable bonds is 3. The molecule has 0 aliphatic heterocycles. The minimum atomic E-state index is 0.227. The number of hydrogen-bond acceptors (Lipinski definition) is 2. The van der Waals surface area contributed by atoms with Gasteiger partial charge in [-0.3, -0.25) is 0 Å². The van der Waals surface area contributed by atoms with Gasteiger partial charge in [-0.1, -0.05) is 38.5 Å². The third-order valence-corrected chi connectivity index (χ3v) is 5.31.